The molecule has 0 aromatic carbocycles. The van der Waals surface area contributed by atoms with Crippen molar-refractivity contribution >= 4 is 22.5 Å². The Hall–Kier alpha value is -2.61. The van der Waals surface area contributed by atoms with Crippen molar-refractivity contribution in [2.45, 2.75) is 65.0 Å². The van der Waals surface area contributed by atoms with E-state index in [0.717, 1.165) is 30.9 Å². The van der Waals surface area contributed by atoms with Gasteiger partial charge in [-0.15, -0.1) is 0 Å². The first-order valence-electron chi connectivity index (χ1n) is 11.1. The minimum absolute atomic E-state index is 0.0732. The number of furan rings is 1. The zero-order chi connectivity index (χ0) is 21.1. The Morgan fingerprint density at radius 3 is 2.97 bits per heavy atom. The zero-order valence-electron chi connectivity index (χ0n) is 17.9. The first-order valence-corrected chi connectivity index (χ1v) is 11.1. The van der Waals surface area contributed by atoms with Crippen molar-refractivity contribution in [3.05, 3.63) is 34.6 Å². The topological polar surface area (TPSA) is 84.8 Å². The van der Waals surface area contributed by atoms with Crippen LogP contribution in [0.2, 0.25) is 0 Å². The number of hydrogen-bond donors (Lipinski definition) is 1. The molecule has 0 radical (unpaired) electrons. The maximum absolute atomic E-state index is 12.9. The molecule has 8 heteroatoms. The maximum Gasteiger partial charge on any atom is 0.291 e. The third-order valence-corrected chi connectivity index (χ3v) is 6.14. The lowest BCUT2D eigenvalue weighted by molar-refractivity contribution is -0.121. The predicted molar refractivity (Wildman–Crippen MR) is 116 cm³/mol. The quantitative estimate of drug-likeness (QED) is 0.574. The van der Waals surface area contributed by atoms with E-state index in [2.05, 4.69) is 22.2 Å². The van der Waals surface area contributed by atoms with Gasteiger partial charge in [0.05, 0.1) is 11.8 Å². The first kappa shape index (κ1) is 20.7. The van der Waals surface area contributed by atoms with Crippen molar-refractivity contribution in [1.29, 1.82) is 0 Å². The number of aromatic nitrogens is 3. The van der Waals surface area contributed by atoms with Crippen LogP contribution in [0.15, 0.2) is 27.6 Å². The molecule has 8 nitrogen and oxygen atoms in total. The predicted octanol–water partition coefficient (Wildman–Crippen LogP) is 2.58. The van der Waals surface area contributed by atoms with E-state index in [1.165, 1.54) is 30.4 Å². The van der Waals surface area contributed by atoms with Gasteiger partial charge in [-0.25, -0.2) is 4.68 Å². The largest absolute Gasteiger partial charge is 0.463 e. The number of amides is 1. The summed E-state index contributed by atoms with van der Waals surface area (Å²) in [5.74, 6) is 0.543. The Kier molecular flexibility index (Phi) is 6.22. The number of nitrogens with zero attached hydrogens (tertiary/aromatic N) is 4. The highest BCUT2D eigenvalue weighted by Gasteiger charge is 2.20. The fourth-order valence-corrected chi connectivity index (χ4v) is 4.58. The highest BCUT2D eigenvalue weighted by molar-refractivity contribution is 5.82. The van der Waals surface area contributed by atoms with Crippen LogP contribution in [-0.4, -0.2) is 50.7 Å². The molecular formula is C22H31N5O3. The fraction of sp³-hybridized carbons (Fsp3) is 0.591. The number of aryl methyl sites for hydroxylation is 1. The molecule has 0 bridgehead atoms. The molecule has 1 fully saturated rings. The third kappa shape index (κ3) is 4.01. The van der Waals surface area contributed by atoms with Gasteiger partial charge in [-0.2, -0.15) is 5.10 Å². The van der Waals surface area contributed by atoms with E-state index in [9.17, 15) is 9.59 Å². The molecular weight excluding hydrogens is 382 g/mol. The molecule has 1 aliphatic rings. The van der Waals surface area contributed by atoms with Gasteiger partial charge in [0.2, 0.25) is 5.91 Å². The van der Waals surface area contributed by atoms with Gasteiger partial charge in [-0.3, -0.25) is 14.0 Å². The molecule has 3 aromatic heterocycles. The third-order valence-electron chi connectivity index (χ3n) is 6.14. The molecule has 1 aliphatic heterocycles. The van der Waals surface area contributed by atoms with Gasteiger partial charge in [0, 0.05) is 37.7 Å². The van der Waals surface area contributed by atoms with Crippen molar-refractivity contribution in [2.24, 2.45) is 0 Å². The summed E-state index contributed by atoms with van der Waals surface area (Å²) < 4.78 is 8.51. The lowest BCUT2D eigenvalue weighted by Gasteiger charge is -2.35. The van der Waals surface area contributed by atoms with E-state index in [4.69, 9.17) is 4.42 Å². The molecule has 0 saturated carbocycles. The Labute approximate surface area is 175 Å². The Morgan fingerprint density at radius 2 is 2.17 bits per heavy atom. The van der Waals surface area contributed by atoms with Crippen LogP contribution >= 0.6 is 0 Å². The summed E-state index contributed by atoms with van der Waals surface area (Å²) in [6, 6.07) is 4.22. The molecule has 0 unspecified atom stereocenters. The van der Waals surface area contributed by atoms with Crippen LogP contribution in [0.1, 0.15) is 51.8 Å². The van der Waals surface area contributed by atoms with Crippen LogP contribution < -0.4 is 10.9 Å². The Balaban J connectivity index is 1.38. The summed E-state index contributed by atoms with van der Waals surface area (Å²) in [6.07, 6.45) is 8.22. The fourth-order valence-electron chi connectivity index (χ4n) is 4.58. The van der Waals surface area contributed by atoms with Crippen molar-refractivity contribution in [1.82, 2.24) is 24.4 Å². The summed E-state index contributed by atoms with van der Waals surface area (Å²) >= 11 is 0. The van der Waals surface area contributed by atoms with Crippen molar-refractivity contribution in [3.8, 4) is 0 Å². The van der Waals surface area contributed by atoms with Crippen LogP contribution in [0.5, 0.6) is 0 Å². The second kappa shape index (κ2) is 9.04. The zero-order valence-corrected chi connectivity index (χ0v) is 17.9. The summed E-state index contributed by atoms with van der Waals surface area (Å²) in [5, 5.41) is 7.39. The SMILES string of the molecule is CCc1nn(CC(=O)NCCCN2CCCC[C@H]2CC)c(=O)c2cc3occc3n12. The summed E-state index contributed by atoms with van der Waals surface area (Å²) in [6.45, 7) is 6.93. The second-order valence-corrected chi connectivity index (χ2v) is 8.06. The van der Waals surface area contributed by atoms with Crippen LogP contribution in [-0.2, 0) is 17.8 Å². The second-order valence-electron chi connectivity index (χ2n) is 8.06. The number of carbonyl (C=O) groups is 1. The lowest BCUT2D eigenvalue weighted by Crippen LogP contribution is -2.41. The minimum Gasteiger partial charge on any atom is -0.463 e. The van der Waals surface area contributed by atoms with E-state index in [-0.39, 0.29) is 18.0 Å². The first-order chi connectivity index (χ1) is 14.6. The molecule has 1 saturated heterocycles. The average molecular weight is 414 g/mol. The molecule has 0 aliphatic carbocycles. The number of piperidine rings is 1. The lowest BCUT2D eigenvalue weighted by atomic mass is 10.00. The summed E-state index contributed by atoms with van der Waals surface area (Å²) in [7, 11) is 0. The van der Waals surface area contributed by atoms with Gasteiger partial charge in [-0.05, 0) is 32.2 Å². The number of nitrogens with one attached hydrogen (secondary N) is 1. The number of carbonyl (C=O) groups excluding carboxylic acids is 1. The van der Waals surface area contributed by atoms with Crippen molar-refractivity contribution in [3.63, 3.8) is 0 Å². The summed E-state index contributed by atoms with van der Waals surface area (Å²) in [4.78, 5) is 27.8. The standard InChI is InChI=1S/C22H31N5O3/c1-3-16-8-5-6-11-25(16)12-7-10-23-21(28)15-26-22(29)18-14-19-17(9-13-30-19)27(18)20(4-2)24-26/h9,13-14,16H,3-8,10-12,15H2,1-2H3,(H,23,28)/t16-/m1/s1. The molecule has 1 amide bonds. The molecule has 30 heavy (non-hydrogen) atoms. The molecule has 1 N–H and O–H groups in total. The number of rotatable bonds is 8. The average Bonchev–Trinajstić information content (AvgIpc) is 3.35. The van der Waals surface area contributed by atoms with E-state index >= 15 is 0 Å². The van der Waals surface area contributed by atoms with Crippen LogP contribution in [0, 0.1) is 0 Å². The van der Waals surface area contributed by atoms with Crippen molar-refractivity contribution < 1.29 is 9.21 Å². The number of likely N-dealkylation sites (tertiary alicyclic amines) is 1. The maximum atomic E-state index is 12.9. The minimum atomic E-state index is -0.284. The molecule has 162 valence electrons. The van der Waals surface area contributed by atoms with Crippen LogP contribution in [0.4, 0.5) is 0 Å². The van der Waals surface area contributed by atoms with Crippen LogP contribution in [0.3, 0.4) is 0 Å². The summed E-state index contributed by atoms with van der Waals surface area (Å²) in [5.41, 5.74) is 1.67. The molecule has 1 atom stereocenters. The highest BCUT2D eigenvalue weighted by Crippen LogP contribution is 2.21. The number of fused-ring (bicyclic) bond motifs is 3. The van der Waals surface area contributed by atoms with E-state index in [1.54, 1.807) is 12.3 Å². The molecule has 0 spiro atoms. The smallest absolute Gasteiger partial charge is 0.291 e. The van der Waals surface area contributed by atoms with E-state index < -0.39 is 0 Å². The van der Waals surface area contributed by atoms with Gasteiger partial charge < -0.3 is 14.6 Å². The molecule has 3 aromatic rings. The highest BCUT2D eigenvalue weighted by atomic mass is 16.3. The van der Waals surface area contributed by atoms with E-state index in [0.29, 0.717) is 30.1 Å². The Morgan fingerprint density at radius 1 is 1.30 bits per heavy atom. The van der Waals surface area contributed by atoms with Gasteiger partial charge in [0.25, 0.3) is 5.56 Å². The monoisotopic (exact) mass is 413 g/mol. The normalized spacial score (nSPS) is 17.7. The van der Waals surface area contributed by atoms with Gasteiger partial charge in [-0.1, -0.05) is 20.3 Å². The number of hydrogen-bond acceptors (Lipinski definition) is 5. The van der Waals surface area contributed by atoms with Gasteiger partial charge >= 0.3 is 0 Å². The Bertz CT molecular complexity index is 1080. The van der Waals surface area contributed by atoms with Gasteiger partial charge in [0.1, 0.15) is 17.9 Å². The van der Waals surface area contributed by atoms with Gasteiger partial charge in [0.15, 0.2) is 5.58 Å². The van der Waals surface area contributed by atoms with Crippen LogP contribution in [0.25, 0.3) is 16.6 Å². The molecule has 4 rings (SSSR count). The molecule has 4 heterocycles. The van der Waals surface area contributed by atoms with Crippen molar-refractivity contribution in [2.75, 3.05) is 19.6 Å². The van der Waals surface area contributed by atoms with E-state index in [1.807, 2.05) is 17.4 Å².